The van der Waals surface area contributed by atoms with Gasteiger partial charge in [0.2, 0.25) is 7.59 Å². The van der Waals surface area contributed by atoms with E-state index in [1.165, 1.54) is 6.08 Å². The van der Waals surface area contributed by atoms with E-state index in [4.69, 9.17) is 74.0 Å². The van der Waals surface area contributed by atoms with Gasteiger partial charge in [0.1, 0.15) is 5.76 Å². The van der Waals surface area contributed by atoms with Crippen LogP contribution in [0.25, 0.3) is 23.3 Å². The molecule has 0 bridgehead atoms. The number of furan rings is 1. The zero-order valence-electron chi connectivity index (χ0n) is 13.6. The monoisotopic (exact) mass is 513 g/mol. The van der Waals surface area contributed by atoms with Crippen molar-refractivity contribution >= 4 is 94.4 Å². The topological polar surface area (TPSA) is 51.8 Å². The Morgan fingerprint density at radius 1 is 0.786 bits per heavy atom. The van der Waals surface area contributed by atoms with Crippen molar-refractivity contribution in [2.45, 2.75) is 12.5 Å². The van der Waals surface area contributed by atoms with Crippen LogP contribution in [0.3, 0.4) is 0 Å². The van der Waals surface area contributed by atoms with E-state index in [9.17, 15) is 0 Å². The second-order valence-corrected chi connectivity index (χ2v) is 10.5. The first-order chi connectivity index (χ1) is 13.0. The molecule has 0 aliphatic carbocycles. The predicted octanol–water partition coefficient (Wildman–Crippen LogP) is 7.24. The first kappa shape index (κ1) is 22.0. The molecule has 0 saturated heterocycles. The highest BCUT2D eigenvalue weighted by molar-refractivity contribution is 7.80. The lowest BCUT2D eigenvalue weighted by Crippen LogP contribution is -2.16. The molecule has 28 heavy (non-hydrogen) atoms. The van der Waals surface area contributed by atoms with Gasteiger partial charge in [-0.1, -0.05) is 81.7 Å². The third-order valence-corrected chi connectivity index (χ3v) is 4.73. The molecular formula is C17H9Cl6N3OS. The van der Waals surface area contributed by atoms with Crippen LogP contribution in [0.2, 0.25) is 0 Å². The van der Waals surface area contributed by atoms with Gasteiger partial charge in [-0.15, -0.1) is 12.6 Å². The Hall–Kier alpha value is -0.660. The number of nitrogens with zero attached hydrogens (tertiary/aromatic N) is 3. The van der Waals surface area contributed by atoms with Gasteiger partial charge in [-0.05, 0) is 35.9 Å². The predicted molar refractivity (Wildman–Crippen MR) is 119 cm³/mol. The van der Waals surface area contributed by atoms with Gasteiger partial charge in [-0.25, -0.2) is 15.0 Å². The molecule has 0 spiro atoms. The molecule has 0 atom stereocenters. The molecule has 11 heteroatoms. The average molecular weight is 516 g/mol. The normalized spacial score (nSPS) is 12.7. The van der Waals surface area contributed by atoms with Crippen LogP contribution in [0.4, 0.5) is 0 Å². The molecule has 0 aliphatic heterocycles. The summed E-state index contributed by atoms with van der Waals surface area (Å²) in [6.45, 7) is 0. The van der Waals surface area contributed by atoms with Crippen LogP contribution in [0, 0.1) is 0 Å². The van der Waals surface area contributed by atoms with Crippen molar-refractivity contribution in [3.8, 4) is 11.1 Å². The maximum absolute atomic E-state index is 5.87. The third kappa shape index (κ3) is 5.48. The number of alkyl halides is 6. The fourth-order valence-corrected chi connectivity index (χ4v) is 2.86. The van der Waals surface area contributed by atoms with Crippen molar-refractivity contribution in [2.75, 3.05) is 0 Å². The molecule has 0 saturated carbocycles. The lowest BCUT2D eigenvalue weighted by atomic mass is 10.1. The largest absolute Gasteiger partial charge is 0.464 e. The van der Waals surface area contributed by atoms with Crippen LogP contribution < -0.4 is 0 Å². The summed E-state index contributed by atoms with van der Waals surface area (Å²) in [4.78, 5) is 13.0. The van der Waals surface area contributed by atoms with Crippen LogP contribution in [0.1, 0.15) is 23.2 Å². The summed E-state index contributed by atoms with van der Waals surface area (Å²) in [6.07, 6.45) is 4.76. The van der Waals surface area contributed by atoms with Crippen molar-refractivity contribution in [3.05, 3.63) is 59.8 Å². The standard InChI is InChI=1S/C17H9Cl6N3OS/c18-16(19,20)14-24-13(25-15(26-14)17(21,22)23)6-5-12-11(7-8-27-12)9-1-3-10(28)4-2-9/h1-8,28H/b6-5+. The molecular weight excluding hydrogens is 507 g/mol. The van der Waals surface area contributed by atoms with Gasteiger partial charge in [-0.3, -0.25) is 0 Å². The summed E-state index contributed by atoms with van der Waals surface area (Å²) >= 11 is 39.5. The number of aromatic nitrogens is 3. The van der Waals surface area contributed by atoms with Crippen LogP contribution in [0.5, 0.6) is 0 Å². The Labute approximate surface area is 196 Å². The summed E-state index contributed by atoms with van der Waals surface area (Å²) in [5.74, 6) is 0.360. The molecule has 0 amide bonds. The van der Waals surface area contributed by atoms with E-state index >= 15 is 0 Å². The third-order valence-electron chi connectivity index (χ3n) is 3.42. The van der Waals surface area contributed by atoms with Gasteiger partial charge in [0.15, 0.2) is 17.5 Å². The minimum atomic E-state index is -1.92. The van der Waals surface area contributed by atoms with E-state index in [1.54, 1.807) is 12.3 Å². The number of hydrogen-bond donors (Lipinski definition) is 1. The van der Waals surface area contributed by atoms with Crippen LogP contribution in [-0.4, -0.2) is 15.0 Å². The Morgan fingerprint density at radius 2 is 1.36 bits per heavy atom. The molecule has 2 aromatic heterocycles. The van der Waals surface area contributed by atoms with Gasteiger partial charge >= 0.3 is 0 Å². The van der Waals surface area contributed by atoms with Crippen LogP contribution >= 0.6 is 82.2 Å². The Kier molecular flexibility index (Phi) is 6.77. The number of hydrogen-bond acceptors (Lipinski definition) is 5. The fourth-order valence-electron chi connectivity index (χ4n) is 2.20. The summed E-state index contributed by atoms with van der Waals surface area (Å²) in [7, 11) is 0. The number of rotatable bonds is 3. The molecule has 0 fully saturated rings. The van der Waals surface area contributed by atoms with E-state index in [-0.39, 0.29) is 17.5 Å². The van der Waals surface area contributed by atoms with Gasteiger partial charge in [0.05, 0.1) is 6.26 Å². The second kappa shape index (κ2) is 8.60. The Bertz CT molecular complexity index is 977. The Balaban J connectivity index is 1.99. The van der Waals surface area contributed by atoms with Crippen LogP contribution in [-0.2, 0) is 7.59 Å². The molecule has 0 unspecified atom stereocenters. The highest BCUT2D eigenvalue weighted by atomic mass is 35.6. The van der Waals surface area contributed by atoms with E-state index < -0.39 is 7.59 Å². The maximum atomic E-state index is 5.87. The van der Waals surface area contributed by atoms with E-state index in [1.807, 2.05) is 30.3 Å². The number of halogens is 6. The van der Waals surface area contributed by atoms with Gasteiger partial charge in [0, 0.05) is 10.5 Å². The van der Waals surface area contributed by atoms with Crippen molar-refractivity contribution in [3.63, 3.8) is 0 Å². The van der Waals surface area contributed by atoms with Gasteiger partial charge in [-0.2, -0.15) is 0 Å². The summed E-state index contributed by atoms with van der Waals surface area (Å²) in [5.41, 5.74) is 1.81. The lowest BCUT2D eigenvalue weighted by Gasteiger charge is -2.14. The molecule has 1 aromatic carbocycles. The lowest BCUT2D eigenvalue weighted by molar-refractivity contribution is 0.558. The maximum Gasteiger partial charge on any atom is 0.250 e. The van der Waals surface area contributed by atoms with Gasteiger partial charge < -0.3 is 4.42 Å². The smallest absolute Gasteiger partial charge is 0.250 e. The molecule has 0 N–H and O–H groups in total. The summed E-state index contributed by atoms with van der Waals surface area (Å²) in [5, 5.41) is 0. The zero-order chi connectivity index (χ0) is 20.5. The molecule has 146 valence electrons. The Morgan fingerprint density at radius 3 is 1.89 bits per heavy atom. The van der Waals surface area contributed by atoms with E-state index in [0.29, 0.717) is 5.76 Å². The first-order valence-corrected chi connectivity index (χ1v) is 10.2. The van der Waals surface area contributed by atoms with E-state index in [0.717, 1.165) is 16.0 Å². The minimum absolute atomic E-state index is 0.130. The quantitative estimate of drug-likeness (QED) is 0.295. The molecule has 3 aromatic rings. The molecule has 0 aliphatic rings. The van der Waals surface area contributed by atoms with Gasteiger partial charge in [0.25, 0.3) is 0 Å². The highest BCUT2D eigenvalue weighted by Gasteiger charge is 2.33. The van der Waals surface area contributed by atoms with Crippen molar-refractivity contribution in [2.24, 2.45) is 0 Å². The first-order valence-electron chi connectivity index (χ1n) is 7.49. The summed E-state index contributed by atoms with van der Waals surface area (Å²) < 4.78 is 1.70. The summed E-state index contributed by atoms with van der Waals surface area (Å²) in [6, 6.07) is 9.45. The number of benzene rings is 1. The molecule has 2 heterocycles. The zero-order valence-corrected chi connectivity index (χ0v) is 19.0. The van der Waals surface area contributed by atoms with E-state index in [2.05, 4.69) is 27.6 Å². The van der Waals surface area contributed by atoms with Crippen molar-refractivity contribution < 1.29 is 4.42 Å². The molecule has 3 rings (SSSR count). The SMILES string of the molecule is Sc1ccc(-c2ccoc2/C=C/c2nc(C(Cl)(Cl)Cl)nc(C(Cl)(Cl)Cl)n2)cc1. The highest BCUT2D eigenvalue weighted by Crippen LogP contribution is 2.40. The molecule has 4 nitrogen and oxygen atoms in total. The second-order valence-electron chi connectivity index (χ2n) is 5.42. The molecule has 0 radical (unpaired) electrons. The fraction of sp³-hybridized carbons (Fsp3) is 0.118. The van der Waals surface area contributed by atoms with Crippen molar-refractivity contribution in [1.82, 2.24) is 15.0 Å². The number of thiol groups is 1. The average Bonchev–Trinajstić information content (AvgIpc) is 3.07. The van der Waals surface area contributed by atoms with Crippen molar-refractivity contribution in [1.29, 1.82) is 0 Å². The minimum Gasteiger partial charge on any atom is -0.464 e. The van der Waals surface area contributed by atoms with Crippen LogP contribution in [0.15, 0.2) is 45.9 Å².